The number of carbonyl (C=O) groups excluding carboxylic acids is 1. The monoisotopic (exact) mass is 344 g/mol. The Morgan fingerprint density at radius 1 is 1.25 bits per heavy atom. The highest BCUT2D eigenvalue weighted by molar-refractivity contribution is 6.31. The average Bonchev–Trinajstić information content (AvgIpc) is 3.36. The van der Waals surface area contributed by atoms with E-state index in [2.05, 4.69) is 10.3 Å². The Kier molecular flexibility index (Phi) is 4.81. The average molecular weight is 345 g/mol. The molecule has 24 heavy (non-hydrogen) atoms. The van der Waals surface area contributed by atoms with Crippen molar-refractivity contribution in [3.05, 3.63) is 64.9 Å². The van der Waals surface area contributed by atoms with Crippen molar-refractivity contribution in [1.29, 1.82) is 0 Å². The van der Waals surface area contributed by atoms with Crippen LogP contribution in [0.1, 0.15) is 23.5 Å². The number of carboxylic acids is 1. The van der Waals surface area contributed by atoms with Gasteiger partial charge in [0.2, 0.25) is 5.91 Å². The Labute approximate surface area is 144 Å². The molecule has 0 bridgehead atoms. The first-order chi connectivity index (χ1) is 11.6. The topological polar surface area (TPSA) is 79.3 Å². The van der Waals surface area contributed by atoms with Gasteiger partial charge in [-0.05, 0) is 41.7 Å². The lowest BCUT2D eigenvalue weighted by atomic mass is 10.1. The number of halogens is 1. The zero-order chi connectivity index (χ0) is 17.1. The number of amides is 1. The fourth-order valence-electron chi connectivity index (χ4n) is 2.84. The van der Waals surface area contributed by atoms with Crippen molar-refractivity contribution >= 4 is 23.5 Å². The molecule has 1 aliphatic carbocycles. The van der Waals surface area contributed by atoms with Crippen LogP contribution in [0.25, 0.3) is 0 Å². The Balaban J connectivity index is 1.63. The molecule has 0 saturated heterocycles. The third kappa shape index (κ3) is 3.74. The summed E-state index contributed by atoms with van der Waals surface area (Å²) in [5, 5.41) is 12.6. The van der Waals surface area contributed by atoms with Gasteiger partial charge in [0.25, 0.3) is 0 Å². The number of carbonyl (C=O) groups is 2. The maximum Gasteiger partial charge on any atom is 0.326 e. The smallest absolute Gasteiger partial charge is 0.326 e. The van der Waals surface area contributed by atoms with Crippen molar-refractivity contribution in [3.63, 3.8) is 0 Å². The van der Waals surface area contributed by atoms with Gasteiger partial charge in [0.05, 0.1) is 0 Å². The van der Waals surface area contributed by atoms with Gasteiger partial charge in [-0.25, -0.2) is 4.79 Å². The number of hydrogen-bond donors (Lipinski definition) is 2. The van der Waals surface area contributed by atoms with Gasteiger partial charge in [0, 0.05) is 29.8 Å². The molecule has 3 rings (SSSR count). The van der Waals surface area contributed by atoms with Crippen molar-refractivity contribution in [2.75, 3.05) is 0 Å². The first-order valence-corrected chi connectivity index (χ1v) is 8.10. The molecule has 3 unspecified atom stereocenters. The van der Waals surface area contributed by atoms with Crippen LogP contribution in [0.5, 0.6) is 0 Å². The predicted molar refractivity (Wildman–Crippen MR) is 89.8 cm³/mol. The van der Waals surface area contributed by atoms with Crippen LogP contribution in [-0.2, 0) is 16.0 Å². The molecule has 6 heteroatoms. The second-order valence-electron chi connectivity index (χ2n) is 5.93. The minimum atomic E-state index is -1.05. The SMILES string of the molecule is O=C(O)C(Cc1ccncc1)NC(=O)C1CC1c1ccccc1Cl. The van der Waals surface area contributed by atoms with Crippen molar-refractivity contribution in [1.82, 2.24) is 10.3 Å². The summed E-state index contributed by atoms with van der Waals surface area (Å²) in [6, 6.07) is 9.97. The summed E-state index contributed by atoms with van der Waals surface area (Å²) in [5.41, 5.74) is 1.76. The number of nitrogens with zero attached hydrogens (tertiary/aromatic N) is 1. The molecule has 1 saturated carbocycles. The number of rotatable bonds is 6. The molecule has 5 nitrogen and oxygen atoms in total. The Bertz CT molecular complexity index is 751. The van der Waals surface area contributed by atoms with Gasteiger partial charge >= 0.3 is 5.97 Å². The van der Waals surface area contributed by atoms with Crippen molar-refractivity contribution < 1.29 is 14.7 Å². The molecule has 2 N–H and O–H groups in total. The quantitative estimate of drug-likeness (QED) is 0.844. The molecule has 2 aromatic rings. The van der Waals surface area contributed by atoms with E-state index in [0.29, 0.717) is 11.4 Å². The summed E-state index contributed by atoms with van der Waals surface area (Å²) >= 11 is 6.16. The second-order valence-corrected chi connectivity index (χ2v) is 6.34. The van der Waals surface area contributed by atoms with Crippen molar-refractivity contribution in [2.45, 2.75) is 24.8 Å². The van der Waals surface area contributed by atoms with Gasteiger partial charge < -0.3 is 10.4 Å². The van der Waals surface area contributed by atoms with Crippen LogP contribution in [0, 0.1) is 5.92 Å². The second kappa shape index (κ2) is 7.01. The molecule has 1 amide bonds. The molecule has 1 aliphatic rings. The van der Waals surface area contributed by atoms with Gasteiger partial charge in [0.1, 0.15) is 6.04 Å². The number of aromatic nitrogens is 1. The lowest BCUT2D eigenvalue weighted by Crippen LogP contribution is -2.43. The van der Waals surface area contributed by atoms with E-state index in [1.165, 1.54) is 0 Å². The maximum absolute atomic E-state index is 12.4. The van der Waals surface area contributed by atoms with Crippen LogP contribution < -0.4 is 5.32 Å². The van der Waals surface area contributed by atoms with Gasteiger partial charge in [-0.3, -0.25) is 9.78 Å². The number of carboxylic acid groups (broad SMARTS) is 1. The summed E-state index contributed by atoms with van der Waals surface area (Å²) in [6.07, 6.45) is 4.12. The predicted octanol–water partition coefficient (Wildman–Crippen LogP) is 2.65. The third-order valence-electron chi connectivity index (χ3n) is 4.24. The zero-order valence-corrected chi connectivity index (χ0v) is 13.6. The molecule has 3 atom stereocenters. The van der Waals surface area contributed by atoms with Crippen LogP contribution in [0.4, 0.5) is 0 Å². The Morgan fingerprint density at radius 3 is 2.62 bits per heavy atom. The Hall–Kier alpha value is -2.40. The van der Waals surface area contributed by atoms with Crippen LogP contribution in [0.15, 0.2) is 48.8 Å². The van der Waals surface area contributed by atoms with Crippen molar-refractivity contribution in [3.8, 4) is 0 Å². The third-order valence-corrected chi connectivity index (χ3v) is 4.58. The fourth-order valence-corrected chi connectivity index (χ4v) is 3.11. The molecule has 1 aromatic heterocycles. The largest absolute Gasteiger partial charge is 0.480 e. The molecular weight excluding hydrogens is 328 g/mol. The summed E-state index contributed by atoms with van der Waals surface area (Å²) in [5.74, 6) is -1.44. The lowest BCUT2D eigenvalue weighted by Gasteiger charge is -2.14. The lowest BCUT2D eigenvalue weighted by molar-refractivity contribution is -0.142. The maximum atomic E-state index is 12.4. The van der Waals surface area contributed by atoms with E-state index in [-0.39, 0.29) is 24.2 Å². The molecule has 1 heterocycles. The van der Waals surface area contributed by atoms with Gasteiger partial charge in [-0.1, -0.05) is 29.8 Å². The van der Waals surface area contributed by atoms with Crippen LogP contribution in [0.2, 0.25) is 5.02 Å². The van der Waals surface area contributed by atoms with E-state index >= 15 is 0 Å². The van der Waals surface area contributed by atoms with E-state index in [4.69, 9.17) is 11.6 Å². The molecule has 0 aliphatic heterocycles. The van der Waals surface area contributed by atoms with Crippen LogP contribution in [-0.4, -0.2) is 28.0 Å². The fraction of sp³-hybridized carbons (Fsp3) is 0.278. The number of aliphatic carboxylic acids is 1. The number of pyridine rings is 1. The molecule has 0 spiro atoms. The summed E-state index contributed by atoms with van der Waals surface area (Å²) in [6.45, 7) is 0. The number of benzene rings is 1. The zero-order valence-electron chi connectivity index (χ0n) is 12.9. The van der Waals surface area contributed by atoms with Crippen LogP contribution in [0.3, 0.4) is 0 Å². The summed E-state index contributed by atoms with van der Waals surface area (Å²) in [7, 11) is 0. The van der Waals surface area contributed by atoms with Crippen LogP contribution >= 0.6 is 11.6 Å². The molecule has 124 valence electrons. The highest BCUT2D eigenvalue weighted by Crippen LogP contribution is 2.49. The first-order valence-electron chi connectivity index (χ1n) is 7.72. The van der Waals surface area contributed by atoms with E-state index in [1.54, 1.807) is 30.6 Å². The van der Waals surface area contributed by atoms with Gasteiger partial charge in [0.15, 0.2) is 0 Å². The standard InChI is InChI=1S/C18H17ClN2O3/c19-15-4-2-1-3-12(15)13-10-14(13)17(22)21-16(18(23)24)9-11-5-7-20-8-6-11/h1-8,13-14,16H,9-10H2,(H,21,22)(H,23,24). The highest BCUT2D eigenvalue weighted by atomic mass is 35.5. The summed E-state index contributed by atoms with van der Waals surface area (Å²) in [4.78, 5) is 27.7. The molecule has 1 fully saturated rings. The molecule has 1 aromatic carbocycles. The highest BCUT2D eigenvalue weighted by Gasteiger charge is 2.45. The molecular formula is C18H17ClN2O3. The van der Waals surface area contributed by atoms with E-state index < -0.39 is 12.0 Å². The Morgan fingerprint density at radius 2 is 1.96 bits per heavy atom. The van der Waals surface area contributed by atoms with E-state index in [0.717, 1.165) is 11.1 Å². The van der Waals surface area contributed by atoms with Gasteiger partial charge in [-0.15, -0.1) is 0 Å². The van der Waals surface area contributed by atoms with E-state index in [9.17, 15) is 14.7 Å². The summed E-state index contributed by atoms with van der Waals surface area (Å²) < 4.78 is 0. The normalized spacial score (nSPS) is 20.2. The van der Waals surface area contributed by atoms with E-state index in [1.807, 2.05) is 18.2 Å². The minimum Gasteiger partial charge on any atom is -0.480 e. The number of nitrogens with one attached hydrogen (secondary N) is 1. The minimum absolute atomic E-state index is 0.0640. The molecule has 0 radical (unpaired) electrons. The first kappa shape index (κ1) is 16.5. The van der Waals surface area contributed by atoms with Crippen molar-refractivity contribution in [2.24, 2.45) is 5.92 Å². The van der Waals surface area contributed by atoms with Gasteiger partial charge in [-0.2, -0.15) is 0 Å². The number of hydrogen-bond acceptors (Lipinski definition) is 3.